The minimum atomic E-state index is -2.08. The molecular weight excluding hydrogens is 339 g/mol. The summed E-state index contributed by atoms with van der Waals surface area (Å²) in [7, 11) is -2.08. The van der Waals surface area contributed by atoms with Crippen LogP contribution in [-0.2, 0) is 4.79 Å². The third kappa shape index (κ3) is 3.93. The third-order valence-electron chi connectivity index (χ3n) is 4.62. The van der Waals surface area contributed by atoms with Crippen molar-refractivity contribution in [1.29, 1.82) is 0 Å². The Kier molecular flexibility index (Phi) is 6.33. The lowest BCUT2D eigenvalue weighted by molar-refractivity contribution is -0.116. The molecule has 2 nitrogen and oxygen atoms in total. The molecule has 26 heavy (non-hydrogen) atoms. The molecule has 3 rings (SSSR count). The van der Waals surface area contributed by atoms with E-state index >= 15 is 0 Å². The van der Waals surface area contributed by atoms with Gasteiger partial charge in [0, 0.05) is 13.0 Å². The first-order chi connectivity index (χ1) is 12.8. The van der Waals surface area contributed by atoms with E-state index in [9.17, 15) is 4.79 Å². The van der Waals surface area contributed by atoms with Crippen LogP contribution in [0.1, 0.15) is 12.8 Å². The van der Waals surface area contributed by atoms with Crippen molar-refractivity contribution in [1.82, 2.24) is 0 Å². The minimum Gasteiger partial charge on any atom is -0.396 e. The Morgan fingerprint density at radius 1 is 0.692 bits per heavy atom. The second-order valence-electron chi connectivity index (χ2n) is 6.34. The lowest BCUT2D eigenvalue weighted by Gasteiger charge is -2.27. The van der Waals surface area contributed by atoms with Gasteiger partial charge >= 0.3 is 0 Å². The molecule has 1 N–H and O–H groups in total. The van der Waals surface area contributed by atoms with Gasteiger partial charge < -0.3 is 5.11 Å². The Balaban J connectivity index is 2.19. The number of hydrogen-bond acceptors (Lipinski definition) is 2. The molecule has 0 bridgehead atoms. The van der Waals surface area contributed by atoms with Crippen molar-refractivity contribution in [3.63, 3.8) is 0 Å². The fraction of sp³-hybridized carbons (Fsp3) is 0.174. The van der Waals surface area contributed by atoms with Gasteiger partial charge in [-0.05, 0) is 42.8 Å². The Hall–Kier alpha value is -2.28. The van der Waals surface area contributed by atoms with E-state index in [0.717, 1.165) is 0 Å². The number of rotatable bonds is 8. The zero-order chi connectivity index (χ0) is 18.2. The van der Waals surface area contributed by atoms with Crippen LogP contribution in [0.15, 0.2) is 91.0 Å². The van der Waals surface area contributed by atoms with Crippen LogP contribution in [-0.4, -0.2) is 23.7 Å². The first-order valence-corrected chi connectivity index (χ1v) is 10.9. The van der Waals surface area contributed by atoms with Crippen LogP contribution in [0.25, 0.3) is 0 Å². The number of carbonyl (C=O) groups excluding carboxylic acids is 1. The summed E-state index contributed by atoms with van der Waals surface area (Å²) in [5, 5.41) is 12.8. The molecule has 0 aliphatic carbocycles. The second-order valence-corrected chi connectivity index (χ2v) is 9.83. The van der Waals surface area contributed by atoms with Gasteiger partial charge in [-0.1, -0.05) is 54.6 Å². The smallest absolute Gasteiger partial charge is 0.171 e. The summed E-state index contributed by atoms with van der Waals surface area (Å²) in [6, 6.07) is 31.2. The Labute approximate surface area is 155 Å². The molecule has 3 aromatic carbocycles. The average molecular weight is 363 g/mol. The Bertz CT molecular complexity index is 720. The maximum atomic E-state index is 12.9. The lowest BCUT2D eigenvalue weighted by atomic mass is 10.2. The van der Waals surface area contributed by atoms with Gasteiger partial charge in [-0.25, -0.2) is 0 Å². The average Bonchev–Trinajstić information content (AvgIpc) is 2.72. The molecule has 0 aliphatic rings. The molecule has 0 atom stereocenters. The van der Waals surface area contributed by atoms with Crippen molar-refractivity contribution in [2.24, 2.45) is 0 Å². The van der Waals surface area contributed by atoms with E-state index in [1.807, 2.05) is 54.6 Å². The van der Waals surface area contributed by atoms with Gasteiger partial charge in [-0.3, -0.25) is 4.79 Å². The van der Waals surface area contributed by atoms with Crippen LogP contribution in [0, 0.1) is 0 Å². The summed E-state index contributed by atoms with van der Waals surface area (Å²) in [5.74, 6) is 0.212. The van der Waals surface area contributed by atoms with E-state index in [4.69, 9.17) is 5.11 Å². The van der Waals surface area contributed by atoms with E-state index < -0.39 is 7.26 Å². The minimum absolute atomic E-state index is 0.0548. The van der Waals surface area contributed by atoms with Gasteiger partial charge in [0.1, 0.15) is 29.3 Å². The van der Waals surface area contributed by atoms with E-state index in [1.165, 1.54) is 15.9 Å². The molecule has 3 heteroatoms. The molecule has 0 aliphatic heterocycles. The zero-order valence-corrected chi connectivity index (χ0v) is 15.7. The topological polar surface area (TPSA) is 37.3 Å². The van der Waals surface area contributed by atoms with Crippen LogP contribution >= 0.6 is 7.26 Å². The van der Waals surface area contributed by atoms with E-state index in [-0.39, 0.29) is 12.4 Å². The zero-order valence-electron chi connectivity index (χ0n) is 14.8. The molecule has 132 valence electrons. The summed E-state index contributed by atoms with van der Waals surface area (Å²) >= 11 is 0. The molecular formula is C23H24O2P+. The predicted molar refractivity (Wildman–Crippen MR) is 111 cm³/mol. The monoisotopic (exact) mass is 363 g/mol. The van der Waals surface area contributed by atoms with Gasteiger partial charge in [-0.15, -0.1) is 0 Å². The molecule has 0 radical (unpaired) electrons. The highest BCUT2D eigenvalue weighted by molar-refractivity contribution is 7.96. The molecule has 3 aromatic rings. The highest BCUT2D eigenvalue weighted by Crippen LogP contribution is 2.55. The maximum Gasteiger partial charge on any atom is 0.171 e. The fourth-order valence-corrected chi connectivity index (χ4v) is 7.56. The van der Waals surface area contributed by atoms with Crippen LogP contribution in [0.2, 0.25) is 0 Å². The number of benzene rings is 3. The lowest BCUT2D eigenvalue weighted by Crippen LogP contribution is -2.35. The van der Waals surface area contributed by atoms with Crippen LogP contribution < -0.4 is 15.9 Å². The van der Waals surface area contributed by atoms with Crippen LogP contribution in [0.4, 0.5) is 0 Å². The van der Waals surface area contributed by atoms with E-state index in [0.29, 0.717) is 19.0 Å². The van der Waals surface area contributed by atoms with Gasteiger partial charge in [0.05, 0.1) is 0 Å². The van der Waals surface area contributed by atoms with E-state index in [2.05, 4.69) is 36.4 Å². The molecule has 0 saturated heterocycles. The standard InChI is InChI=1S/C23H24O2P/c24-18-10-11-20(25)19-26(21-12-4-1-5-13-21,22-14-6-2-7-15-22)23-16-8-3-9-17-23/h1-9,12-17,24H,10-11,18-19H2/q+1. The SMILES string of the molecule is O=C(CCCO)C[P+](c1ccccc1)(c1ccccc1)c1ccccc1. The summed E-state index contributed by atoms with van der Waals surface area (Å²) in [5.41, 5.74) is 0. The summed E-state index contributed by atoms with van der Waals surface area (Å²) < 4.78 is 0. The Morgan fingerprint density at radius 2 is 1.08 bits per heavy atom. The quantitative estimate of drug-likeness (QED) is 0.624. The van der Waals surface area contributed by atoms with Crippen molar-refractivity contribution in [3.05, 3.63) is 91.0 Å². The number of ketones is 1. The third-order valence-corrected chi connectivity index (χ3v) is 8.98. The first kappa shape index (κ1) is 18.5. The highest BCUT2D eigenvalue weighted by Gasteiger charge is 2.46. The Morgan fingerprint density at radius 3 is 1.42 bits per heavy atom. The molecule has 0 amide bonds. The normalized spacial score (nSPS) is 11.3. The summed E-state index contributed by atoms with van der Waals surface area (Å²) in [4.78, 5) is 12.9. The van der Waals surface area contributed by atoms with Crippen molar-refractivity contribution < 1.29 is 9.90 Å². The number of aliphatic hydroxyl groups is 1. The number of carbonyl (C=O) groups is 1. The number of aliphatic hydroxyl groups excluding tert-OH is 1. The molecule has 0 spiro atoms. The van der Waals surface area contributed by atoms with Gasteiger partial charge in [0.25, 0.3) is 0 Å². The van der Waals surface area contributed by atoms with Gasteiger partial charge in [0.15, 0.2) is 5.78 Å². The van der Waals surface area contributed by atoms with Crippen LogP contribution in [0.3, 0.4) is 0 Å². The van der Waals surface area contributed by atoms with Gasteiger partial charge in [-0.2, -0.15) is 0 Å². The maximum absolute atomic E-state index is 12.9. The summed E-state index contributed by atoms with van der Waals surface area (Å²) in [6.07, 6.45) is 1.44. The largest absolute Gasteiger partial charge is 0.396 e. The van der Waals surface area contributed by atoms with E-state index in [1.54, 1.807) is 0 Å². The van der Waals surface area contributed by atoms with Crippen molar-refractivity contribution in [2.75, 3.05) is 12.8 Å². The molecule has 0 unspecified atom stereocenters. The number of Topliss-reactive ketones (excluding diaryl/α,β-unsaturated/α-hetero) is 1. The van der Waals surface area contributed by atoms with Crippen LogP contribution in [0.5, 0.6) is 0 Å². The predicted octanol–water partition coefficient (Wildman–Crippen LogP) is 3.32. The van der Waals surface area contributed by atoms with Crippen molar-refractivity contribution >= 4 is 29.0 Å². The molecule has 0 fully saturated rings. The molecule has 0 aromatic heterocycles. The first-order valence-electron chi connectivity index (χ1n) is 8.95. The molecule has 0 heterocycles. The summed E-state index contributed by atoms with van der Waals surface area (Å²) in [6.45, 7) is 0.0548. The molecule has 0 saturated carbocycles. The second kappa shape index (κ2) is 8.89. The fourth-order valence-electron chi connectivity index (χ4n) is 3.39. The highest BCUT2D eigenvalue weighted by atomic mass is 31.2. The van der Waals surface area contributed by atoms with Crippen molar-refractivity contribution in [3.8, 4) is 0 Å². The van der Waals surface area contributed by atoms with Gasteiger partial charge in [0.2, 0.25) is 0 Å². The van der Waals surface area contributed by atoms with Crippen molar-refractivity contribution in [2.45, 2.75) is 12.8 Å². The number of hydrogen-bond donors (Lipinski definition) is 1.